The number of nitrogens with one attached hydrogen (secondary N) is 3. The van der Waals surface area contributed by atoms with Crippen LogP contribution in [-0.4, -0.2) is 42.7 Å². The predicted molar refractivity (Wildman–Crippen MR) is 117 cm³/mol. The fraction of sp³-hybridized carbons (Fsp3) is 0.545. The van der Waals surface area contributed by atoms with Gasteiger partial charge in [-0.1, -0.05) is 44.2 Å². The quantitative estimate of drug-likeness (QED) is 0.492. The summed E-state index contributed by atoms with van der Waals surface area (Å²) in [6.45, 7) is 8.82. The summed E-state index contributed by atoms with van der Waals surface area (Å²) in [6.07, 6.45) is 2.78. The maximum atomic E-state index is 12.4. The van der Waals surface area contributed by atoms with E-state index in [1.165, 1.54) is 0 Å². The lowest BCUT2D eigenvalue weighted by Crippen LogP contribution is -2.49. The first-order valence-corrected chi connectivity index (χ1v) is 10.5. The molecule has 1 heterocycles. The number of rotatable bonds is 9. The van der Waals surface area contributed by atoms with Gasteiger partial charge < -0.3 is 21.1 Å². The summed E-state index contributed by atoms with van der Waals surface area (Å²) in [7, 11) is 1.60. The lowest BCUT2D eigenvalue weighted by atomic mass is 9.91. The smallest absolute Gasteiger partial charge is 0.307 e. The number of carboxylic acid groups (broad SMARTS) is 1. The minimum Gasteiger partial charge on any atom is -0.481 e. The number of halogens is 1. The van der Waals surface area contributed by atoms with Crippen molar-refractivity contribution in [2.24, 2.45) is 11.8 Å². The first-order chi connectivity index (χ1) is 13.7. The van der Waals surface area contributed by atoms with Crippen LogP contribution in [0.2, 0.25) is 5.02 Å². The first kappa shape index (κ1) is 23.2. The molecule has 4 N–H and O–H groups in total. The molecule has 0 radical (unpaired) electrons. The summed E-state index contributed by atoms with van der Waals surface area (Å²) in [5.74, 6) is -0.751. The Kier molecular flexibility index (Phi) is 8.53. The van der Waals surface area contributed by atoms with E-state index in [2.05, 4.69) is 36.4 Å². The number of amides is 1. The van der Waals surface area contributed by atoms with E-state index in [-0.39, 0.29) is 17.9 Å². The lowest BCUT2D eigenvalue weighted by Gasteiger charge is -2.31. The molecule has 160 valence electrons. The topological polar surface area (TPSA) is 90.5 Å². The van der Waals surface area contributed by atoms with Gasteiger partial charge in [0.15, 0.2) is 0 Å². The molecule has 1 aliphatic heterocycles. The van der Waals surface area contributed by atoms with E-state index >= 15 is 0 Å². The van der Waals surface area contributed by atoms with Crippen LogP contribution >= 0.6 is 11.6 Å². The molecule has 6 nitrogen and oxygen atoms in total. The fourth-order valence-corrected chi connectivity index (χ4v) is 3.91. The molecule has 3 atom stereocenters. The van der Waals surface area contributed by atoms with Gasteiger partial charge in [-0.2, -0.15) is 0 Å². The van der Waals surface area contributed by atoms with Crippen LogP contribution in [0.15, 0.2) is 24.8 Å². The van der Waals surface area contributed by atoms with E-state index in [0.717, 1.165) is 17.5 Å². The average molecular weight is 422 g/mol. The normalized spacial score (nSPS) is 20.2. The van der Waals surface area contributed by atoms with Crippen LogP contribution in [0.3, 0.4) is 0 Å². The Morgan fingerprint density at radius 3 is 2.59 bits per heavy atom. The molecule has 2 rings (SSSR count). The lowest BCUT2D eigenvalue weighted by molar-refractivity contribution is -0.142. The number of likely N-dealkylation sites (N-methyl/N-ethyl adjacent to an activating group) is 1. The monoisotopic (exact) mass is 421 g/mol. The molecular weight excluding hydrogens is 390 g/mol. The number of carbonyl (C=O) groups is 2. The standard InChI is InChI=1S/C22H32ClN3O3/c1-13(2)9-16-6-5-15(10-19(16)23)14(3)26-20(21(27)24-4)11-18-8-7-17(12-25-18)22(28)29/h5-6,10,13,17-18,20,25-26H,3,7-9,11-12H2,1-2,4H3,(H,24,27)(H,28,29). The summed E-state index contributed by atoms with van der Waals surface area (Å²) in [4.78, 5) is 23.5. The van der Waals surface area contributed by atoms with Gasteiger partial charge in [-0.3, -0.25) is 9.59 Å². The molecule has 0 saturated carbocycles. The molecule has 1 aromatic rings. The van der Waals surface area contributed by atoms with Crippen molar-refractivity contribution >= 4 is 29.2 Å². The summed E-state index contributed by atoms with van der Waals surface area (Å²) < 4.78 is 0. The number of benzene rings is 1. The van der Waals surface area contributed by atoms with Crippen molar-refractivity contribution in [1.82, 2.24) is 16.0 Å². The molecular formula is C22H32ClN3O3. The number of carbonyl (C=O) groups excluding carboxylic acids is 1. The Balaban J connectivity index is 2.02. The maximum absolute atomic E-state index is 12.4. The van der Waals surface area contributed by atoms with E-state index in [4.69, 9.17) is 16.7 Å². The van der Waals surface area contributed by atoms with Crippen molar-refractivity contribution in [2.75, 3.05) is 13.6 Å². The highest BCUT2D eigenvalue weighted by Gasteiger charge is 2.29. The summed E-state index contributed by atoms with van der Waals surface area (Å²) in [5.41, 5.74) is 2.58. The second kappa shape index (κ2) is 10.6. The van der Waals surface area contributed by atoms with Gasteiger partial charge in [0.05, 0.1) is 5.92 Å². The van der Waals surface area contributed by atoms with Crippen LogP contribution in [0.5, 0.6) is 0 Å². The predicted octanol–water partition coefficient (Wildman–Crippen LogP) is 3.06. The fourth-order valence-electron chi connectivity index (χ4n) is 3.65. The van der Waals surface area contributed by atoms with Gasteiger partial charge in [-0.05, 0) is 48.8 Å². The van der Waals surface area contributed by atoms with Crippen LogP contribution in [0.4, 0.5) is 0 Å². The van der Waals surface area contributed by atoms with E-state index in [1.54, 1.807) is 7.05 Å². The van der Waals surface area contributed by atoms with Crippen LogP contribution in [-0.2, 0) is 16.0 Å². The number of hydrogen-bond acceptors (Lipinski definition) is 4. The average Bonchev–Trinajstić information content (AvgIpc) is 2.68. The van der Waals surface area contributed by atoms with Gasteiger partial charge >= 0.3 is 5.97 Å². The minimum absolute atomic E-state index is 0.0743. The first-order valence-electron chi connectivity index (χ1n) is 10.1. The van der Waals surface area contributed by atoms with Gasteiger partial charge in [-0.25, -0.2) is 0 Å². The van der Waals surface area contributed by atoms with Crippen molar-refractivity contribution in [1.29, 1.82) is 0 Å². The number of carboxylic acids is 1. The van der Waals surface area contributed by atoms with E-state index in [1.807, 2.05) is 18.2 Å². The summed E-state index contributed by atoms with van der Waals surface area (Å²) >= 11 is 6.43. The Bertz CT molecular complexity index is 743. The highest BCUT2D eigenvalue weighted by atomic mass is 35.5. The van der Waals surface area contributed by atoms with Gasteiger partial charge in [0.25, 0.3) is 0 Å². The van der Waals surface area contributed by atoms with Crippen molar-refractivity contribution in [3.63, 3.8) is 0 Å². The van der Waals surface area contributed by atoms with Crippen molar-refractivity contribution in [3.05, 3.63) is 40.9 Å². The summed E-state index contributed by atoms with van der Waals surface area (Å²) in [5, 5.41) is 19.0. The Morgan fingerprint density at radius 1 is 1.34 bits per heavy atom. The molecule has 29 heavy (non-hydrogen) atoms. The number of piperidine rings is 1. The molecule has 7 heteroatoms. The highest BCUT2D eigenvalue weighted by Crippen LogP contribution is 2.24. The molecule has 3 unspecified atom stereocenters. The molecule has 1 aromatic carbocycles. The van der Waals surface area contributed by atoms with Gasteiger partial charge in [0.1, 0.15) is 6.04 Å². The van der Waals surface area contributed by atoms with Crippen LogP contribution in [0, 0.1) is 11.8 Å². The zero-order valence-corrected chi connectivity index (χ0v) is 18.2. The highest BCUT2D eigenvalue weighted by molar-refractivity contribution is 6.31. The van der Waals surface area contributed by atoms with Gasteiger partial charge in [-0.15, -0.1) is 0 Å². The van der Waals surface area contributed by atoms with Crippen molar-refractivity contribution in [3.8, 4) is 0 Å². The molecule has 1 amide bonds. The zero-order chi connectivity index (χ0) is 21.6. The van der Waals surface area contributed by atoms with E-state index < -0.39 is 12.0 Å². The Labute approximate surface area is 178 Å². The second-order valence-electron chi connectivity index (χ2n) is 8.15. The third-order valence-corrected chi connectivity index (χ3v) is 5.68. The molecule has 0 spiro atoms. The molecule has 0 bridgehead atoms. The third-order valence-electron chi connectivity index (χ3n) is 5.33. The maximum Gasteiger partial charge on any atom is 0.307 e. The SMILES string of the molecule is C=C(NC(CC1CCC(C(=O)O)CN1)C(=O)NC)c1ccc(CC(C)C)c(Cl)c1. The van der Waals surface area contributed by atoms with Crippen LogP contribution < -0.4 is 16.0 Å². The second-order valence-corrected chi connectivity index (χ2v) is 8.55. The van der Waals surface area contributed by atoms with Gasteiger partial charge in [0.2, 0.25) is 5.91 Å². The number of aliphatic carboxylic acids is 1. The molecule has 0 aliphatic carbocycles. The molecule has 1 saturated heterocycles. The van der Waals surface area contributed by atoms with Crippen molar-refractivity contribution in [2.45, 2.75) is 51.6 Å². The Hall–Kier alpha value is -2.05. The van der Waals surface area contributed by atoms with E-state index in [0.29, 0.717) is 42.4 Å². The van der Waals surface area contributed by atoms with Gasteiger partial charge in [0, 0.05) is 30.4 Å². The largest absolute Gasteiger partial charge is 0.481 e. The molecule has 1 fully saturated rings. The van der Waals surface area contributed by atoms with Crippen molar-refractivity contribution < 1.29 is 14.7 Å². The summed E-state index contributed by atoms with van der Waals surface area (Å²) in [6, 6.07) is 5.46. The molecule has 0 aromatic heterocycles. The molecule has 1 aliphatic rings. The van der Waals surface area contributed by atoms with Crippen LogP contribution in [0.1, 0.15) is 44.2 Å². The number of hydrogen-bond donors (Lipinski definition) is 4. The zero-order valence-electron chi connectivity index (χ0n) is 17.4. The minimum atomic E-state index is -0.775. The third kappa shape index (κ3) is 6.75. The Morgan fingerprint density at radius 2 is 2.07 bits per heavy atom. The van der Waals surface area contributed by atoms with Crippen LogP contribution in [0.25, 0.3) is 5.70 Å². The van der Waals surface area contributed by atoms with E-state index in [9.17, 15) is 9.59 Å².